The van der Waals surface area contributed by atoms with Crippen LogP contribution in [0.4, 0.5) is 0 Å². The van der Waals surface area contributed by atoms with Crippen molar-refractivity contribution >= 4 is 11.9 Å². The number of methoxy groups -OCH3 is 1. The van der Waals surface area contributed by atoms with Gasteiger partial charge in [-0.3, -0.25) is 9.59 Å². The Bertz CT molecular complexity index is 605. The number of rotatable bonds is 4. The summed E-state index contributed by atoms with van der Waals surface area (Å²) in [6.45, 7) is 6.94. The van der Waals surface area contributed by atoms with E-state index in [4.69, 9.17) is 4.74 Å². The largest absolute Gasteiger partial charge is 0.481 e. The Balaban J connectivity index is 2.28. The van der Waals surface area contributed by atoms with Crippen molar-refractivity contribution in [1.82, 2.24) is 4.90 Å². The van der Waals surface area contributed by atoms with Crippen LogP contribution in [0.25, 0.3) is 0 Å². The molecule has 1 unspecified atom stereocenters. The smallest absolute Gasteiger partial charge is 0.313 e. The first-order chi connectivity index (χ1) is 10.7. The van der Waals surface area contributed by atoms with Gasteiger partial charge in [0, 0.05) is 25.8 Å². The van der Waals surface area contributed by atoms with Gasteiger partial charge in [-0.15, -0.1) is 0 Å². The molecule has 5 heteroatoms. The van der Waals surface area contributed by atoms with Crippen molar-refractivity contribution in [2.45, 2.75) is 32.6 Å². The number of aliphatic carboxylic acids is 1. The second-order valence-corrected chi connectivity index (χ2v) is 7.29. The molecule has 1 aliphatic heterocycles. The molecule has 0 radical (unpaired) electrons. The van der Waals surface area contributed by atoms with Crippen LogP contribution in [0.15, 0.2) is 24.3 Å². The van der Waals surface area contributed by atoms with Gasteiger partial charge >= 0.3 is 5.97 Å². The summed E-state index contributed by atoms with van der Waals surface area (Å²) in [5.74, 6) is -1.01. The van der Waals surface area contributed by atoms with Crippen LogP contribution >= 0.6 is 0 Å². The Morgan fingerprint density at radius 2 is 1.96 bits per heavy atom. The molecule has 126 valence electrons. The van der Waals surface area contributed by atoms with Gasteiger partial charge in [-0.1, -0.05) is 39.0 Å². The van der Waals surface area contributed by atoms with E-state index in [0.29, 0.717) is 18.5 Å². The molecule has 23 heavy (non-hydrogen) atoms. The summed E-state index contributed by atoms with van der Waals surface area (Å²) in [6, 6.07) is 7.55. The van der Waals surface area contributed by atoms with Gasteiger partial charge < -0.3 is 14.7 Å². The summed E-state index contributed by atoms with van der Waals surface area (Å²) in [5, 5.41) is 9.53. The molecule has 1 atom stereocenters. The number of nitrogens with zero attached hydrogens (tertiary/aromatic N) is 1. The molecule has 0 saturated carbocycles. The third-order valence-electron chi connectivity index (χ3n) is 4.48. The van der Waals surface area contributed by atoms with Gasteiger partial charge in [0.05, 0.1) is 6.61 Å². The summed E-state index contributed by atoms with van der Waals surface area (Å²) in [4.78, 5) is 26.2. The van der Waals surface area contributed by atoms with Crippen LogP contribution in [-0.2, 0) is 14.9 Å². The van der Waals surface area contributed by atoms with E-state index in [0.717, 1.165) is 5.56 Å². The van der Waals surface area contributed by atoms with Crippen LogP contribution in [0.5, 0.6) is 0 Å². The summed E-state index contributed by atoms with van der Waals surface area (Å²) >= 11 is 0. The molecule has 1 aliphatic rings. The van der Waals surface area contributed by atoms with Crippen LogP contribution in [0.3, 0.4) is 0 Å². The van der Waals surface area contributed by atoms with Crippen LogP contribution < -0.4 is 0 Å². The number of carboxylic acid groups (broad SMARTS) is 1. The third-order valence-corrected chi connectivity index (χ3v) is 4.48. The second kappa shape index (κ2) is 6.32. The summed E-state index contributed by atoms with van der Waals surface area (Å²) in [5.41, 5.74) is 0.479. The molecule has 2 rings (SSSR count). The van der Waals surface area contributed by atoms with Crippen molar-refractivity contribution in [3.8, 4) is 0 Å². The van der Waals surface area contributed by atoms with E-state index in [1.165, 1.54) is 7.11 Å². The summed E-state index contributed by atoms with van der Waals surface area (Å²) in [6.07, 6.45) is 0.416. The number of carboxylic acids is 1. The van der Waals surface area contributed by atoms with Crippen molar-refractivity contribution < 1.29 is 19.4 Å². The lowest BCUT2D eigenvalue weighted by Crippen LogP contribution is -2.40. The molecule has 0 aromatic heterocycles. The van der Waals surface area contributed by atoms with E-state index in [2.05, 4.69) is 20.8 Å². The molecule has 0 bridgehead atoms. The normalized spacial score (nSPS) is 21.5. The van der Waals surface area contributed by atoms with Crippen molar-refractivity contribution in [2.24, 2.45) is 5.41 Å². The molecule has 1 N–H and O–H groups in total. The Kier molecular flexibility index (Phi) is 4.80. The quantitative estimate of drug-likeness (QED) is 0.926. The number of ether oxygens (including phenoxy) is 1. The lowest BCUT2D eigenvalue weighted by Gasteiger charge is -2.26. The fourth-order valence-corrected chi connectivity index (χ4v) is 3.17. The maximum absolute atomic E-state index is 12.9. The highest BCUT2D eigenvalue weighted by molar-refractivity contribution is 5.96. The number of likely N-dealkylation sites (tertiary alicyclic amines) is 1. The molecule has 1 fully saturated rings. The zero-order chi connectivity index (χ0) is 17.3. The van der Waals surface area contributed by atoms with Crippen LogP contribution in [0, 0.1) is 5.41 Å². The average molecular weight is 319 g/mol. The average Bonchev–Trinajstić information content (AvgIpc) is 2.92. The highest BCUT2D eigenvalue weighted by atomic mass is 16.5. The minimum Gasteiger partial charge on any atom is -0.481 e. The van der Waals surface area contributed by atoms with Crippen LogP contribution in [0.1, 0.15) is 43.1 Å². The first-order valence-electron chi connectivity index (χ1n) is 7.82. The Morgan fingerprint density at radius 3 is 2.52 bits per heavy atom. The number of hydrogen-bond acceptors (Lipinski definition) is 3. The van der Waals surface area contributed by atoms with E-state index in [1.807, 2.05) is 24.3 Å². The predicted octanol–water partition coefficient (Wildman–Crippen LogP) is 2.55. The summed E-state index contributed by atoms with van der Waals surface area (Å²) in [7, 11) is 1.49. The molecule has 1 aromatic carbocycles. The number of carbonyl (C=O) groups is 2. The molecular weight excluding hydrogens is 294 g/mol. The van der Waals surface area contributed by atoms with Gasteiger partial charge in [0.15, 0.2) is 0 Å². The maximum atomic E-state index is 12.9. The number of hydrogen-bond donors (Lipinski definition) is 1. The number of benzene rings is 1. The van der Waals surface area contributed by atoms with E-state index in [9.17, 15) is 14.7 Å². The monoisotopic (exact) mass is 319 g/mol. The van der Waals surface area contributed by atoms with Crippen molar-refractivity contribution in [2.75, 3.05) is 26.8 Å². The predicted molar refractivity (Wildman–Crippen MR) is 87.6 cm³/mol. The standard InChI is InChI=1S/C18H25NO4/c1-17(2,3)14-8-6-5-7-13(14)15(20)19-10-9-18(11-19,12-23-4)16(21)22/h5-8H,9-12H2,1-4H3,(H,21,22). The van der Waals surface area contributed by atoms with Crippen molar-refractivity contribution in [3.63, 3.8) is 0 Å². The van der Waals surface area contributed by atoms with E-state index >= 15 is 0 Å². The fourth-order valence-electron chi connectivity index (χ4n) is 3.17. The molecule has 1 aromatic rings. The minimum atomic E-state index is -0.999. The molecule has 1 amide bonds. The fraction of sp³-hybridized carbons (Fsp3) is 0.556. The highest BCUT2D eigenvalue weighted by Crippen LogP contribution is 2.34. The zero-order valence-corrected chi connectivity index (χ0v) is 14.3. The van der Waals surface area contributed by atoms with E-state index in [1.54, 1.807) is 4.90 Å². The molecule has 1 heterocycles. The third kappa shape index (κ3) is 3.39. The number of amides is 1. The SMILES string of the molecule is COCC1(C(=O)O)CCN(C(=O)c2ccccc2C(C)(C)C)C1. The first-order valence-corrected chi connectivity index (χ1v) is 7.82. The molecule has 0 spiro atoms. The van der Waals surface area contributed by atoms with Crippen molar-refractivity contribution in [3.05, 3.63) is 35.4 Å². The lowest BCUT2D eigenvalue weighted by atomic mass is 9.83. The number of carbonyl (C=O) groups excluding carboxylic acids is 1. The van der Waals surface area contributed by atoms with E-state index in [-0.39, 0.29) is 24.5 Å². The van der Waals surface area contributed by atoms with Gasteiger partial charge in [-0.25, -0.2) is 0 Å². The van der Waals surface area contributed by atoms with Gasteiger partial charge in [0.25, 0.3) is 5.91 Å². The molecule has 5 nitrogen and oxygen atoms in total. The minimum absolute atomic E-state index is 0.102. The zero-order valence-electron chi connectivity index (χ0n) is 14.3. The highest BCUT2D eigenvalue weighted by Gasteiger charge is 2.46. The van der Waals surface area contributed by atoms with Gasteiger partial charge in [0.1, 0.15) is 5.41 Å². The second-order valence-electron chi connectivity index (χ2n) is 7.29. The van der Waals surface area contributed by atoms with Gasteiger partial charge in [-0.2, -0.15) is 0 Å². The van der Waals surface area contributed by atoms with Crippen LogP contribution in [-0.4, -0.2) is 48.7 Å². The maximum Gasteiger partial charge on any atom is 0.313 e. The summed E-state index contributed by atoms with van der Waals surface area (Å²) < 4.78 is 5.08. The lowest BCUT2D eigenvalue weighted by molar-refractivity contribution is -0.151. The van der Waals surface area contributed by atoms with Gasteiger partial charge in [-0.05, 0) is 23.5 Å². The Labute approximate surface area is 137 Å². The Morgan fingerprint density at radius 1 is 1.30 bits per heavy atom. The molecule has 1 saturated heterocycles. The van der Waals surface area contributed by atoms with E-state index < -0.39 is 11.4 Å². The molecule has 0 aliphatic carbocycles. The first kappa shape index (κ1) is 17.5. The van der Waals surface area contributed by atoms with Crippen molar-refractivity contribution in [1.29, 1.82) is 0 Å². The molecular formula is C18H25NO4. The van der Waals surface area contributed by atoms with Crippen LogP contribution in [0.2, 0.25) is 0 Å². The topological polar surface area (TPSA) is 66.8 Å². The van der Waals surface area contributed by atoms with Gasteiger partial charge in [0.2, 0.25) is 0 Å². The Hall–Kier alpha value is -1.88.